The van der Waals surface area contributed by atoms with E-state index in [1.807, 2.05) is 0 Å². The molecule has 0 unspecified atom stereocenters. The molecule has 0 saturated carbocycles. The molecule has 0 aromatic heterocycles. The van der Waals surface area contributed by atoms with E-state index in [4.69, 9.17) is 0 Å². The zero-order valence-electron chi connectivity index (χ0n) is 11.0. The van der Waals surface area contributed by atoms with Gasteiger partial charge in [0.1, 0.15) is 5.75 Å². The molecule has 1 aromatic rings. The summed E-state index contributed by atoms with van der Waals surface area (Å²) in [6.07, 6.45) is 4.49. The molecule has 4 heteroatoms. The van der Waals surface area contributed by atoms with Crippen LogP contribution in [-0.4, -0.2) is 10.0 Å². The van der Waals surface area contributed by atoms with Crippen molar-refractivity contribution in [3.63, 3.8) is 0 Å². The average molecular weight is 269 g/mol. The van der Waals surface area contributed by atoms with Gasteiger partial charge in [0.15, 0.2) is 0 Å². The molecule has 0 fully saturated rings. The molecule has 0 aliphatic heterocycles. The second-order valence-electron chi connectivity index (χ2n) is 4.16. The third kappa shape index (κ3) is 4.10. The van der Waals surface area contributed by atoms with Crippen LogP contribution < -0.4 is 10.4 Å². The standard InChI is InChI=1S/C16H15NO3/c1-11(5-6-14(4)17(19)20)12(2)9-15-7-8-16(18)10-13(15)3/h5-10,18H,1-4H2/b6-5-,15-9-. The summed E-state index contributed by atoms with van der Waals surface area (Å²) >= 11 is 0. The minimum absolute atomic E-state index is 0.138. The molecular weight excluding hydrogens is 254 g/mol. The van der Waals surface area contributed by atoms with Gasteiger partial charge in [0, 0.05) is 6.08 Å². The van der Waals surface area contributed by atoms with Crippen LogP contribution in [0.1, 0.15) is 0 Å². The lowest BCUT2D eigenvalue weighted by atomic mass is 10.1. The van der Waals surface area contributed by atoms with Crippen molar-refractivity contribution < 1.29 is 10.0 Å². The fourth-order valence-corrected chi connectivity index (χ4v) is 1.38. The number of hydrogen-bond donors (Lipinski definition) is 1. The molecule has 0 amide bonds. The number of rotatable bonds is 5. The Labute approximate surface area is 116 Å². The normalized spacial score (nSPS) is 11.5. The number of phenols is 1. The van der Waals surface area contributed by atoms with Gasteiger partial charge in [0.05, 0.1) is 4.92 Å². The summed E-state index contributed by atoms with van der Waals surface area (Å²) in [6.45, 7) is 14.7. The number of nitrogens with zero attached hydrogens (tertiary/aromatic N) is 1. The van der Waals surface area contributed by atoms with Crippen LogP contribution in [0.2, 0.25) is 0 Å². The maximum atomic E-state index is 10.4. The Morgan fingerprint density at radius 1 is 1.20 bits per heavy atom. The van der Waals surface area contributed by atoms with E-state index in [-0.39, 0.29) is 11.4 Å². The monoisotopic (exact) mass is 269 g/mol. The lowest BCUT2D eigenvalue weighted by molar-refractivity contribution is -0.418. The summed E-state index contributed by atoms with van der Waals surface area (Å²) in [7, 11) is 0. The zero-order valence-corrected chi connectivity index (χ0v) is 11.0. The van der Waals surface area contributed by atoms with Crippen molar-refractivity contribution in [3.05, 3.63) is 87.5 Å². The highest BCUT2D eigenvalue weighted by atomic mass is 16.6. The Morgan fingerprint density at radius 3 is 2.40 bits per heavy atom. The molecule has 0 aliphatic carbocycles. The first kappa shape index (κ1) is 15.2. The van der Waals surface area contributed by atoms with Gasteiger partial charge in [-0.25, -0.2) is 0 Å². The van der Waals surface area contributed by atoms with E-state index >= 15 is 0 Å². The van der Waals surface area contributed by atoms with Crippen LogP contribution in [0.4, 0.5) is 0 Å². The zero-order chi connectivity index (χ0) is 15.3. The van der Waals surface area contributed by atoms with Crippen LogP contribution in [-0.2, 0) is 0 Å². The van der Waals surface area contributed by atoms with Crippen molar-refractivity contribution in [1.29, 1.82) is 0 Å². The van der Waals surface area contributed by atoms with Crippen molar-refractivity contribution >= 4 is 12.7 Å². The first-order valence-corrected chi connectivity index (χ1v) is 5.70. The van der Waals surface area contributed by atoms with Crippen molar-refractivity contribution in [2.24, 2.45) is 0 Å². The summed E-state index contributed by atoms with van der Waals surface area (Å²) < 4.78 is 0. The second-order valence-corrected chi connectivity index (χ2v) is 4.16. The maximum absolute atomic E-state index is 10.4. The van der Waals surface area contributed by atoms with Gasteiger partial charge in [-0.15, -0.1) is 0 Å². The van der Waals surface area contributed by atoms with Gasteiger partial charge in [-0.2, -0.15) is 0 Å². The van der Waals surface area contributed by atoms with Crippen molar-refractivity contribution in [2.45, 2.75) is 0 Å². The summed E-state index contributed by atoms with van der Waals surface area (Å²) in [5, 5.41) is 21.1. The van der Waals surface area contributed by atoms with Gasteiger partial charge < -0.3 is 5.11 Å². The van der Waals surface area contributed by atoms with E-state index in [9.17, 15) is 15.2 Å². The molecule has 1 rings (SSSR count). The Balaban J connectivity index is 2.96. The Morgan fingerprint density at radius 2 is 1.85 bits per heavy atom. The fraction of sp³-hybridized carbons (Fsp3) is 0. The molecule has 0 spiro atoms. The average Bonchev–Trinajstić information content (AvgIpc) is 2.38. The molecule has 0 aliphatic rings. The van der Waals surface area contributed by atoms with E-state index in [2.05, 4.69) is 26.3 Å². The third-order valence-corrected chi connectivity index (χ3v) is 2.58. The first-order valence-electron chi connectivity index (χ1n) is 5.70. The number of phenolic OH excluding ortho intramolecular Hbond substituents is 1. The molecule has 1 N–H and O–H groups in total. The number of benzene rings is 1. The largest absolute Gasteiger partial charge is 0.508 e. The highest BCUT2D eigenvalue weighted by Gasteiger charge is 2.00. The molecule has 0 radical (unpaired) electrons. The molecule has 1 aromatic carbocycles. The quantitative estimate of drug-likeness (QED) is 0.505. The number of nitro groups is 1. The molecule has 0 saturated heterocycles. The van der Waals surface area contributed by atoms with E-state index in [0.29, 0.717) is 16.4 Å². The molecular formula is C16H15NO3. The van der Waals surface area contributed by atoms with Gasteiger partial charge >= 0.3 is 0 Å². The Hall–Kier alpha value is -2.88. The van der Waals surface area contributed by atoms with Gasteiger partial charge in [0.25, 0.3) is 5.70 Å². The van der Waals surface area contributed by atoms with Crippen LogP contribution in [0.3, 0.4) is 0 Å². The fourth-order valence-electron chi connectivity index (χ4n) is 1.38. The summed E-state index contributed by atoms with van der Waals surface area (Å²) in [5.41, 5.74) is 0.898. The van der Waals surface area contributed by atoms with E-state index < -0.39 is 4.92 Å². The van der Waals surface area contributed by atoms with E-state index in [1.54, 1.807) is 18.2 Å². The van der Waals surface area contributed by atoms with Crippen LogP contribution in [0.5, 0.6) is 5.75 Å². The third-order valence-electron chi connectivity index (χ3n) is 2.58. The SMILES string of the molecule is C=C(/C=C\C(=C)[N+](=O)[O-])C(=C)/C=c1/ccc(O)cc1=C. The Bertz CT molecular complexity index is 727. The molecule has 4 nitrogen and oxygen atoms in total. The first-order chi connectivity index (χ1) is 9.31. The van der Waals surface area contributed by atoms with E-state index in [1.165, 1.54) is 18.2 Å². The van der Waals surface area contributed by atoms with Crippen molar-refractivity contribution in [2.75, 3.05) is 0 Å². The summed E-state index contributed by atoms with van der Waals surface area (Å²) in [6, 6.07) is 4.78. The van der Waals surface area contributed by atoms with Gasteiger partial charge in [-0.05, 0) is 52.4 Å². The molecule has 0 bridgehead atoms. The number of hydrogen-bond acceptors (Lipinski definition) is 3. The minimum Gasteiger partial charge on any atom is -0.508 e. The second kappa shape index (κ2) is 6.33. The van der Waals surface area contributed by atoms with Gasteiger partial charge in [0.2, 0.25) is 0 Å². The lowest BCUT2D eigenvalue weighted by Crippen LogP contribution is -2.22. The van der Waals surface area contributed by atoms with Crippen LogP contribution in [0.25, 0.3) is 12.7 Å². The minimum atomic E-state index is -0.579. The van der Waals surface area contributed by atoms with Gasteiger partial charge in [-0.1, -0.05) is 25.8 Å². The summed E-state index contributed by atoms with van der Waals surface area (Å²) in [5.74, 6) is 0.138. The smallest absolute Gasteiger partial charge is 0.262 e. The van der Waals surface area contributed by atoms with E-state index in [0.717, 1.165) is 5.22 Å². The number of allylic oxidation sites excluding steroid dienone is 4. The molecule has 0 atom stereocenters. The highest BCUT2D eigenvalue weighted by Crippen LogP contribution is 2.09. The molecule has 102 valence electrons. The number of aromatic hydroxyl groups is 1. The lowest BCUT2D eigenvalue weighted by Gasteiger charge is -1.99. The predicted octanol–water partition coefficient (Wildman–Crippen LogP) is 2.04. The van der Waals surface area contributed by atoms with Crippen molar-refractivity contribution in [3.8, 4) is 5.75 Å². The van der Waals surface area contributed by atoms with Gasteiger partial charge in [-0.3, -0.25) is 10.1 Å². The predicted molar refractivity (Wildman–Crippen MR) is 80.9 cm³/mol. The molecule has 20 heavy (non-hydrogen) atoms. The van der Waals surface area contributed by atoms with Crippen molar-refractivity contribution in [1.82, 2.24) is 0 Å². The highest BCUT2D eigenvalue weighted by molar-refractivity contribution is 5.59. The van der Waals surface area contributed by atoms with Crippen LogP contribution >= 0.6 is 0 Å². The summed E-state index contributed by atoms with van der Waals surface area (Å²) in [4.78, 5) is 9.83. The molecule has 0 heterocycles. The maximum Gasteiger partial charge on any atom is 0.262 e. The van der Waals surface area contributed by atoms with Crippen LogP contribution in [0, 0.1) is 10.1 Å². The topological polar surface area (TPSA) is 63.4 Å². The van der Waals surface area contributed by atoms with Crippen LogP contribution in [0.15, 0.2) is 66.9 Å². The Kier molecular flexibility index (Phi) is 4.81.